The lowest BCUT2D eigenvalue weighted by atomic mass is 10.0. The fourth-order valence-electron chi connectivity index (χ4n) is 2.44. The molecule has 1 N–H and O–H groups in total. The average molecular weight is 258 g/mol. The molecular weight excluding hydrogens is 228 g/mol. The molecule has 1 atom stereocenters. The van der Waals surface area contributed by atoms with E-state index in [0.29, 0.717) is 19.3 Å². The fourth-order valence-corrected chi connectivity index (χ4v) is 2.44. The van der Waals surface area contributed by atoms with Gasteiger partial charge in [0.25, 0.3) is 0 Å². The van der Waals surface area contributed by atoms with Crippen molar-refractivity contribution in [1.82, 2.24) is 10.2 Å². The van der Waals surface area contributed by atoms with Crippen LogP contribution in [-0.4, -0.2) is 64.1 Å². The van der Waals surface area contributed by atoms with Gasteiger partial charge >= 0.3 is 0 Å². The summed E-state index contributed by atoms with van der Waals surface area (Å²) in [7, 11) is 1.71. The molecule has 4 heteroatoms. The van der Waals surface area contributed by atoms with Gasteiger partial charge in [-0.15, -0.1) is 0 Å². The zero-order valence-electron chi connectivity index (χ0n) is 12.1. The monoisotopic (exact) mass is 258 g/mol. The van der Waals surface area contributed by atoms with E-state index in [2.05, 4.69) is 17.1 Å². The van der Waals surface area contributed by atoms with E-state index in [1.807, 2.05) is 0 Å². The number of methoxy groups -OCH3 is 1. The molecule has 1 fully saturated rings. The second kappa shape index (κ2) is 10.7. The number of piperidine rings is 1. The number of rotatable bonds is 10. The van der Waals surface area contributed by atoms with Crippen molar-refractivity contribution in [2.45, 2.75) is 38.6 Å². The normalized spacial score (nSPS) is 20.5. The average Bonchev–Trinajstić information content (AvgIpc) is 2.40. The second-order valence-electron chi connectivity index (χ2n) is 5.05. The third kappa shape index (κ3) is 7.31. The Morgan fingerprint density at radius 2 is 2.06 bits per heavy atom. The Bertz CT molecular complexity index is 185. The maximum absolute atomic E-state index is 5.55. The molecule has 0 aromatic carbocycles. The second-order valence-corrected chi connectivity index (χ2v) is 5.05. The summed E-state index contributed by atoms with van der Waals surface area (Å²) in [6.45, 7) is 9.03. The van der Waals surface area contributed by atoms with Crippen LogP contribution in [0.5, 0.6) is 0 Å². The van der Waals surface area contributed by atoms with Crippen molar-refractivity contribution in [3.63, 3.8) is 0 Å². The van der Waals surface area contributed by atoms with Crippen LogP contribution in [0.1, 0.15) is 32.6 Å². The highest BCUT2D eigenvalue weighted by molar-refractivity contribution is 4.76. The largest absolute Gasteiger partial charge is 0.382 e. The summed E-state index contributed by atoms with van der Waals surface area (Å²) in [6, 6.07) is 0.685. The summed E-state index contributed by atoms with van der Waals surface area (Å²) in [4.78, 5) is 2.52. The number of nitrogens with one attached hydrogen (secondary N) is 1. The van der Waals surface area contributed by atoms with E-state index >= 15 is 0 Å². The van der Waals surface area contributed by atoms with Gasteiger partial charge in [0.05, 0.1) is 19.8 Å². The molecule has 0 aromatic rings. The topological polar surface area (TPSA) is 33.7 Å². The van der Waals surface area contributed by atoms with Gasteiger partial charge in [-0.3, -0.25) is 4.90 Å². The van der Waals surface area contributed by atoms with Crippen molar-refractivity contribution in [3.05, 3.63) is 0 Å². The van der Waals surface area contributed by atoms with E-state index in [0.717, 1.165) is 13.2 Å². The van der Waals surface area contributed by atoms with E-state index in [1.165, 1.54) is 45.3 Å². The molecule has 0 aromatic heterocycles. The number of ether oxygens (including phenoxy) is 2. The molecule has 0 amide bonds. The minimum absolute atomic E-state index is 0.685. The van der Waals surface area contributed by atoms with E-state index in [1.54, 1.807) is 7.11 Å². The molecule has 1 rings (SSSR count). The molecule has 1 saturated heterocycles. The molecule has 1 aliphatic heterocycles. The van der Waals surface area contributed by atoms with Crippen LogP contribution in [0.25, 0.3) is 0 Å². The van der Waals surface area contributed by atoms with Crippen molar-refractivity contribution in [3.8, 4) is 0 Å². The fraction of sp³-hybridized carbons (Fsp3) is 1.00. The molecule has 0 bridgehead atoms. The summed E-state index contributed by atoms with van der Waals surface area (Å²) < 4.78 is 10.5. The minimum Gasteiger partial charge on any atom is -0.382 e. The standard InChI is InChI=1S/C14H30N2O2/c1-3-8-16(9-10-18-12-11-17-2)13-14-6-4-5-7-15-14/h14-15H,3-13H2,1-2H3. The molecule has 18 heavy (non-hydrogen) atoms. The van der Waals surface area contributed by atoms with Crippen LogP contribution in [0.2, 0.25) is 0 Å². The third-order valence-corrected chi connectivity index (χ3v) is 3.41. The molecule has 0 saturated carbocycles. The van der Waals surface area contributed by atoms with Crippen LogP contribution in [0.4, 0.5) is 0 Å². The van der Waals surface area contributed by atoms with Crippen molar-refractivity contribution in [2.75, 3.05) is 53.1 Å². The highest BCUT2D eigenvalue weighted by atomic mass is 16.5. The number of hydrogen-bond donors (Lipinski definition) is 1. The Morgan fingerprint density at radius 1 is 1.17 bits per heavy atom. The maximum Gasteiger partial charge on any atom is 0.0700 e. The van der Waals surface area contributed by atoms with E-state index in [-0.39, 0.29) is 0 Å². The Labute approximate surface area is 112 Å². The van der Waals surface area contributed by atoms with Crippen LogP contribution in [0, 0.1) is 0 Å². The van der Waals surface area contributed by atoms with Crippen molar-refractivity contribution >= 4 is 0 Å². The first-order valence-corrected chi connectivity index (χ1v) is 7.39. The molecule has 1 heterocycles. The first-order valence-electron chi connectivity index (χ1n) is 7.39. The van der Waals surface area contributed by atoms with E-state index < -0.39 is 0 Å². The summed E-state index contributed by atoms with van der Waals surface area (Å²) in [5.41, 5.74) is 0. The van der Waals surface area contributed by atoms with Gasteiger partial charge in [-0.1, -0.05) is 13.3 Å². The van der Waals surface area contributed by atoms with Crippen LogP contribution >= 0.6 is 0 Å². The van der Waals surface area contributed by atoms with Crippen LogP contribution < -0.4 is 5.32 Å². The lowest BCUT2D eigenvalue weighted by Gasteiger charge is -2.30. The number of hydrogen-bond acceptors (Lipinski definition) is 4. The third-order valence-electron chi connectivity index (χ3n) is 3.41. The lowest BCUT2D eigenvalue weighted by Crippen LogP contribution is -2.44. The molecule has 4 nitrogen and oxygen atoms in total. The molecule has 1 aliphatic rings. The Hall–Kier alpha value is -0.160. The van der Waals surface area contributed by atoms with Gasteiger partial charge in [0, 0.05) is 26.2 Å². The molecule has 108 valence electrons. The maximum atomic E-state index is 5.55. The Morgan fingerprint density at radius 3 is 2.72 bits per heavy atom. The quantitative estimate of drug-likeness (QED) is 0.602. The van der Waals surface area contributed by atoms with Gasteiger partial charge in [-0.05, 0) is 32.4 Å². The van der Waals surface area contributed by atoms with Crippen LogP contribution in [-0.2, 0) is 9.47 Å². The zero-order valence-corrected chi connectivity index (χ0v) is 12.1. The number of nitrogens with zero attached hydrogens (tertiary/aromatic N) is 1. The van der Waals surface area contributed by atoms with Gasteiger partial charge in [-0.25, -0.2) is 0 Å². The van der Waals surface area contributed by atoms with Crippen LogP contribution in [0.15, 0.2) is 0 Å². The zero-order chi connectivity index (χ0) is 13.1. The van der Waals surface area contributed by atoms with E-state index in [9.17, 15) is 0 Å². The predicted molar refractivity (Wildman–Crippen MR) is 75.1 cm³/mol. The van der Waals surface area contributed by atoms with Gasteiger partial charge in [0.2, 0.25) is 0 Å². The van der Waals surface area contributed by atoms with Gasteiger partial charge in [-0.2, -0.15) is 0 Å². The van der Waals surface area contributed by atoms with Crippen molar-refractivity contribution in [2.24, 2.45) is 0 Å². The van der Waals surface area contributed by atoms with Crippen LogP contribution in [0.3, 0.4) is 0 Å². The SMILES string of the molecule is CCCN(CCOCCOC)CC1CCCCN1. The first-order chi connectivity index (χ1) is 8.86. The highest BCUT2D eigenvalue weighted by Gasteiger charge is 2.15. The molecule has 0 radical (unpaired) electrons. The summed E-state index contributed by atoms with van der Waals surface area (Å²) >= 11 is 0. The molecule has 0 spiro atoms. The summed E-state index contributed by atoms with van der Waals surface area (Å²) in [5, 5.41) is 3.62. The highest BCUT2D eigenvalue weighted by Crippen LogP contribution is 2.08. The van der Waals surface area contributed by atoms with Crippen molar-refractivity contribution < 1.29 is 9.47 Å². The van der Waals surface area contributed by atoms with Gasteiger partial charge in [0.1, 0.15) is 0 Å². The van der Waals surface area contributed by atoms with Gasteiger partial charge < -0.3 is 14.8 Å². The van der Waals surface area contributed by atoms with Gasteiger partial charge in [0.15, 0.2) is 0 Å². The molecule has 0 aliphatic carbocycles. The predicted octanol–water partition coefficient (Wildman–Crippen LogP) is 1.50. The van der Waals surface area contributed by atoms with E-state index in [4.69, 9.17) is 9.47 Å². The Kier molecular flexibility index (Phi) is 9.48. The van der Waals surface area contributed by atoms with Crippen molar-refractivity contribution in [1.29, 1.82) is 0 Å². The lowest BCUT2D eigenvalue weighted by molar-refractivity contribution is 0.0551. The Balaban J connectivity index is 2.12. The summed E-state index contributed by atoms with van der Waals surface area (Å²) in [5.74, 6) is 0. The summed E-state index contributed by atoms with van der Waals surface area (Å²) in [6.07, 6.45) is 5.25. The smallest absolute Gasteiger partial charge is 0.0700 e. The molecule has 1 unspecified atom stereocenters. The molecular formula is C14H30N2O2. The minimum atomic E-state index is 0.685. The first kappa shape index (κ1) is 15.9.